The zero-order chi connectivity index (χ0) is 18.6. The van der Waals surface area contributed by atoms with Gasteiger partial charge in [0.1, 0.15) is 0 Å². The maximum atomic E-state index is 12.8. The van der Waals surface area contributed by atoms with Gasteiger partial charge >= 0.3 is 6.03 Å². The number of hydrogen-bond donors (Lipinski definition) is 0. The molecular formula is C21H25N3O3. The van der Waals surface area contributed by atoms with Crippen LogP contribution in [0.1, 0.15) is 5.56 Å². The Kier molecular flexibility index (Phi) is 5.25. The van der Waals surface area contributed by atoms with E-state index in [2.05, 4.69) is 18.2 Å². The number of carbonyl (C=O) groups excluding carboxylic acids is 2. The first kappa shape index (κ1) is 17.8. The number of ether oxygens (including phenoxy) is 1. The minimum absolute atomic E-state index is 0.0689. The third kappa shape index (κ3) is 3.90. The first-order valence-corrected chi connectivity index (χ1v) is 9.58. The molecule has 27 heavy (non-hydrogen) atoms. The number of piperazine rings is 1. The van der Waals surface area contributed by atoms with Crippen molar-refractivity contribution in [3.05, 3.63) is 48.0 Å². The lowest BCUT2D eigenvalue weighted by Crippen LogP contribution is -2.55. The summed E-state index contributed by atoms with van der Waals surface area (Å²) >= 11 is 0. The summed E-state index contributed by atoms with van der Waals surface area (Å²) < 4.78 is 5.31. The Morgan fingerprint density at radius 1 is 0.778 bits per heavy atom. The first-order chi connectivity index (χ1) is 13.2. The molecule has 2 aromatic carbocycles. The second kappa shape index (κ2) is 7.96. The van der Waals surface area contributed by atoms with Crippen LogP contribution in [0.2, 0.25) is 0 Å². The van der Waals surface area contributed by atoms with Gasteiger partial charge < -0.3 is 19.4 Å². The molecule has 0 N–H and O–H groups in total. The highest BCUT2D eigenvalue weighted by Gasteiger charge is 2.28. The molecule has 2 fully saturated rings. The molecule has 0 bridgehead atoms. The lowest BCUT2D eigenvalue weighted by atomic mass is 10.0. The van der Waals surface area contributed by atoms with Crippen molar-refractivity contribution in [2.75, 3.05) is 52.5 Å². The molecule has 6 heteroatoms. The van der Waals surface area contributed by atoms with Gasteiger partial charge in [-0.1, -0.05) is 42.5 Å². The fraction of sp³-hybridized carbons (Fsp3) is 0.429. The van der Waals surface area contributed by atoms with Crippen molar-refractivity contribution in [1.82, 2.24) is 14.7 Å². The van der Waals surface area contributed by atoms with E-state index in [1.165, 1.54) is 0 Å². The second-order valence-corrected chi connectivity index (χ2v) is 7.06. The maximum absolute atomic E-state index is 12.8. The van der Waals surface area contributed by atoms with Crippen molar-refractivity contribution in [3.63, 3.8) is 0 Å². The smallest absolute Gasteiger partial charge is 0.320 e. The van der Waals surface area contributed by atoms with Crippen LogP contribution in [0.4, 0.5) is 4.79 Å². The summed E-state index contributed by atoms with van der Waals surface area (Å²) in [6.45, 7) is 4.90. The normalized spacial score (nSPS) is 18.0. The molecule has 0 saturated carbocycles. The van der Waals surface area contributed by atoms with Gasteiger partial charge in [0.25, 0.3) is 0 Å². The van der Waals surface area contributed by atoms with Crippen LogP contribution in [0.3, 0.4) is 0 Å². The largest absolute Gasteiger partial charge is 0.378 e. The number of rotatable bonds is 2. The number of nitrogens with zero attached hydrogens (tertiary/aromatic N) is 3. The number of benzene rings is 2. The first-order valence-electron chi connectivity index (χ1n) is 9.58. The average Bonchev–Trinajstić information content (AvgIpc) is 2.74. The van der Waals surface area contributed by atoms with Gasteiger partial charge in [-0.05, 0) is 16.3 Å². The quantitative estimate of drug-likeness (QED) is 0.816. The molecule has 0 radical (unpaired) electrons. The van der Waals surface area contributed by atoms with Gasteiger partial charge in [-0.15, -0.1) is 0 Å². The van der Waals surface area contributed by atoms with Crippen molar-refractivity contribution < 1.29 is 14.3 Å². The van der Waals surface area contributed by atoms with E-state index in [9.17, 15) is 9.59 Å². The Bertz CT molecular complexity index is 819. The maximum Gasteiger partial charge on any atom is 0.320 e. The molecule has 0 unspecified atom stereocenters. The predicted octanol–water partition coefficient (Wildman–Crippen LogP) is 1.98. The van der Waals surface area contributed by atoms with E-state index >= 15 is 0 Å². The van der Waals surface area contributed by atoms with E-state index in [1.54, 1.807) is 0 Å². The average molecular weight is 367 g/mol. The fourth-order valence-electron chi connectivity index (χ4n) is 3.82. The van der Waals surface area contributed by atoms with Crippen LogP contribution in [0.5, 0.6) is 0 Å². The standard InChI is InChI=1S/C21H25N3O3/c25-20(16-18-6-3-5-17-4-1-2-7-19(17)18)22-8-10-23(11-9-22)21(26)24-12-14-27-15-13-24/h1-7H,8-16H2. The number of amides is 3. The van der Waals surface area contributed by atoms with Crippen LogP contribution >= 0.6 is 0 Å². The SMILES string of the molecule is O=C(Cc1cccc2ccccc12)N1CCN(C(=O)N2CCOCC2)CC1. The minimum atomic E-state index is 0.0689. The van der Waals surface area contributed by atoms with Crippen LogP contribution in [-0.2, 0) is 16.0 Å². The fourth-order valence-corrected chi connectivity index (χ4v) is 3.82. The molecule has 0 aliphatic carbocycles. The van der Waals surface area contributed by atoms with Crippen molar-refractivity contribution in [1.29, 1.82) is 0 Å². The van der Waals surface area contributed by atoms with Crippen molar-refractivity contribution in [2.24, 2.45) is 0 Å². The molecule has 0 spiro atoms. The van der Waals surface area contributed by atoms with Gasteiger partial charge in [-0.2, -0.15) is 0 Å². The summed E-state index contributed by atoms with van der Waals surface area (Å²) in [7, 11) is 0. The summed E-state index contributed by atoms with van der Waals surface area (Å²) in [5, 5.41) is 2.29. The summed E-state index contributed by atoms with van der Waals surface area (Å²) in [6, 6.07) is 14.3. The third-order valence-electron chi connectivity index (χ3n) is 5.41. The Morgan fingerprint density at radius 2 is 1.41 bits per heavy atom. The Hall–Kier alpha value is -2.60. The molecule has 2 saturated heterocycles. The molecule has 0 atom stereocenters. The lowest BCUT2D eigenvalue weighted by molar-refractivity contribution is -0.131. The second-order valence-electron chi connectivity index (χ2n) is 7.06. The summed E-state index contributed by atoms with van der Waals surface area (Å²) in [5.41, 5.74) is 1.06. The molecule has 3 amide bonds. The number of urea groups is 1. The van der Waals surface area contributed by atoms with E-state index in [0.717, 1.165) is 16.3 Å². The predicted molar refractivity (Wildman–Crippen MR) is 104 cm³/mol. The molecule has 2 aliphatic heterocycles. The summed E-state index contributed by atoms with van der Waals surface area (Å²) in [4.78, 5) is 30.9. The number of hydrogen-bond acceptors (Lipinski definition) is 3. The zero-order valence-corrected chi connectivity index (χ0v) is 15.5. The number of fused-ring (bicyclic) bond motifs is 1. The Labute approximate surface area is 159 Å². The highest BCUT2D eigenvalue weighted by atomic mass is 16.5. The third-order valence-corrected chi connectivity index (χ3v) is 5.41. The number of morpholine rings is 1. The van der Waals surface area contributed by atoms with Gasteiger partial charge in [0, 0.05) is 39.3 Å². The van der Waals surface area contributed by atoms with Gasteiger partial charge in [-0.25, -0.2) is 4.79 Å². The highest BCUT2D eigenvalue weighted by molar-refractivity contribution is 5.90. The van der Waals surface area contributed by atoms with Gasteiger partial charge in [0.15, 0.2) is 0 Å². The molecule has 2 heterocycles. The van der Waals surface area contributed by atoms with E-state index in [4.69, 9.17) is 4.74 Å². The highest BCUT2D eigenvalue weighted by Crippen LogP contribution is 2.20. The van der Waals surface area contributed by atoms with Crippen LogP contribution in [-0.4, -0.2) is 79.1 Å². The van der Waals surface area contributed by atoms with Crippen molar-refractivity contribution in [3.8, 4) is 0 Å². The van der Waals surface area contributed by atoms with Crippen LogP contribution in [0.25, 0.3) is 10.8 Å². The molecule has 2 aliphatic rings. The van der Waals surface area contributed by atoms with E-state index in [-0.39, 0.29) is 11.9 Å². The van der Waals surface area contributed by atoms with Gasteiger partial charge in [0.05, 0.1) is 19.6 Å². The van der Waals surface area contributed by atoms with Crippen molar-refractivity contribution in [2.45, 2.75) is 6.42 Å². The molecular weight excluding hydrogens is 342 g/mol. The Balaban J connectivity index is 1.35. The molecule has 6 nitrogen and oxygen atoms in total. The number of carbonyl (C=O) groups is 2. The van der Waals surface area contributed by atoms with Crippen molar-refractivity contribution >= 4 is 22.7 Å². The molecule has 4 rings (SSSR count). The summed E-state index contributed by atoms with van der Waals surface area (Å²) in [5.74, 6) is 0.129. The minimum Gasteiger partial charge on any atom is -0.378 e. The monoisotopic (exact) mass is 367 g/mol. The van der Waals surface area contributed by atoms with E-state index in [0.29, 0.717) is 58.9 Å². The lowest BCUT2D eigenvalue weighted by Gasteiger charge is -2.38. The summed E-state index contributed by atoms with van der Waals surface area (Å²) in [6.07, 6.45) is 0.402. The van der Waals surface area contributed by atoms with Crippen LogP contribution in [0, 0.1) is 0 Å². The molecule has 2 aromatic rings. The topological polar surface area (TPSA) is 53.1 Å². The Morgan fingerprint density at radius 3 is 2.19 bits per heavy atom. The molecule has 0 aromatic heterocycles. The van der Waals surface area contributed by atoms with Gasteiger partial charge in [-0.3, -0.25) is 4.79 Å². The van der Waals surface area contributed by atoms with E-state index in [1.807, 2.05) is 39.0 Å². The molecule has 142 valence electrons. The van der Waals surface area contributed by atoms with E-state index < -0.39 is 0 Å². The zero-order valence-electron chi connectivity index (χ0n) is 15.5. The van der Waals surface area contributed by atoms with Gasteiger partial charge in [0.2, 0.25) is 5.91 Å². The van der Waals surface area contributed by atoms with Crippen LogP contribution < -0.4 is 0 Å². The van der Waals surface area contributed by atoms with Crippen LogP contribution in [0.15, 0.2) is 42.5 Å².